The summed E-state index contributed by atoms with van der Waals surface area (Å²) >= 11 is 0. The zero-order chi connectivity index (χ0) is 13.5. The first kappa shape index (κ1) is 13.6. The number of aromatic nitrogens is 3. The minimum atomic E-state index is -0.547. The molecule has 0 aliphatic rings. The van der Waals surface area contributed by atoms with Gasteiger partial charge in [0.05, 0.1) is 0 Å². The fourth-order valence-corrected chi connectivity index (χ4v) is 1.08. The summed E-state index contributed by atoms with van der Waals surface area (Å²) in [4.78, 5) is 26.3. The topological polar surface area (TPSA) is 113 Å². The molecule has 2 N–H and O–H groups in total. The third kappa shape index (κ3) is 4.61. The molecule has 0 aliphatic heterocycles. The summed E-state index contributed by atoms with van der Waals surface area (Å²) in [5.41, 5.74) is 0. The average Bonchev–Trinajstić information content (AvgIpc) is 2.73. The van der Waals surface area contributed by atoms with Crippen LogP contribution in [0.2, 0.25) is 0 Å². The molecule has 0 atom stereocenters. The third-order valence-corrected chi connectivity index (χ3v) is 1.87. The number of urea groups is 1. The molecule has 1 heterocycles. The van der Waals surface area contributed by atoms with Crippen LogP contribution in [0.25, 0.3) is 0 Å². The molecular formula is C10H14N6O2. The fraction of sp³-hybridized carbons (Fsp3) is 0.500. The van der Waals surface area contributed by atoms with Crippen LogP contribution < -0.4 is 10.6 Å². The van der Waals surface area contributed by atoms with E-state index in [1.807, 2.05) is 13.8 Å². The van der Waals surface area contributed by atoms with Crippen LogP contribution in [0.4, 0.5) is 4.79 Å². The highest BCUT2D eigenvalue weighted by Gasteiger charge is 2.09. The second-order valence-corrected chi connectivity index (χ2v) is 4.03. The maximum Gasteiger partial charge on any atom is 0.321 e. The van der Waals surface area contributed by atoms with E-state index in [2.05, 4.69) is 20.7 Å². The standard InChI is InChI=1S/C10H14N6O2/c1-7(2)4-12-10(18)14-9(17)5-16-6-13-8(3-11)15-16/h6-7H,4-5H2,1-2H3,(H2,12,14,17,18). The molecule has 8 nitrogen and oxygen atoms in total. The van der Waals surface area contributed by atoms with Crippen molar-refractivity contribution in [1.82, 2.24) is 25.4 Å². The molecular weight excluding hydrogens is 236 g/mol. The van der Waals surface area contributed by atoms with Crippen LogP contribution in [0.1, 0.15) is 19.7 Å². The van der Waals surface area contributed by atoms with Crippen LogP contribution in [-0.2, 0) is 11.3 Å². The molecule has 8 heteroatoms. The van der Waals surface area contributed by atoms with Crippen molar-refractivity contribution in [3.8, 4) is 6.07 Å². The molecule has 0 aliphatic carbocycles. The molecule has 1 rings (SSSR count). The van der Waals surface area contributed by atoms with Crippen molar-refractivity contribution in [2.24, 2.45) is 5.92 Å². The van der Waals surface area contributed by atoms with Crippen LogP contribution in [0.3, 0.4) is 0 Å². The van der Waals surface area contributed by atoms with Crippen molar-refractivity contribution >= 4 is 11.9 Å². The number of carbonyl (C=O) groups is 2. The van der Waals surface area contributed by atoms with E-state index in [4.69, 9.17) is 5.26 Å². The van der Waals surface area contributed by atoms with Gasteiger partial charge in [-0.25, -0.2) is 14.5 Å². The molecule has 1 aromatic rings. The lowest BCUT2D eigenvalue weighted by Crippen LogP contribution is -2.42. The normalized spacial score (nSPS) is 9.89. The van der Waals surface area contributed by atoms with Gasteiger partial charge in [-0.2, -0.15) is 5.26 Å². The van der Waals surface area contributed by atoms with E-state index >= 15 is 0 Å². The number of amides is 3. The minimum Gasteiger partial charge on any atom is -0.338 e. The molecule has 0 saturated heterocycles. The molecule has 0 spiro atoms. The van der Waals surface area contributed by atoms with E-state index < -0.39 is 11.9 Å². The molecule has 18 heavy (non-hydrogen) atoms. The zero-order valence-corrected chi connectivity index (χ0v) is 10.2. The van der Waals surface area contributed by atoms with Gasteiger partial charge in [-0.05, 0) is 5.92 Å². The van der Waals surface area contributed by atoms with Gasteiger partial charge in [-0.1, -0.05) is 13.8 Å². The Morgan fingerprint density at radius 3 is 2.83 bits per heavy atom. The quantitative estimate of drug-likeness (QED) is 0.757. The van der Waals surface area contributed by atoms with Gasteiger partial charge in [-0.3, -0.25) is 10.1 Å². The van der Waals surface area contributed by atoms with Crippen molar-refractivity contribution in [3.05, 3.63) is 12.2 Å². The first-order chi connectivity index (χ1) is 8.51. The Morgan fingerprint density at radius 1 is 1.56 bits per heavy atom. The number of imide groups is 1. The van der Waals surface area contributed by atoms with E-state index in [0.29, 0.717) is 12.5 Å². The average molecular weight is 250 g/mol. The van der Waals surface area contributed by atoms with Crippen LogP contribution in [0.15, 0.2) is 6.33 Å². The lowest BCUT2D eigenvalue weighted by molar-refractivity contribution is -0.120. The first-order valence-electron chi connectivity index (χ1n) is 5.38. The smallest absolute Gasteiger partial charge is 0.321 e. The third-order valence-electron chi connectivity index (χ3n) is 1.87. The number of nitrogens with one attached hydrogen (secondary N) is 2. The molecule has 3 amide bonds. The van der Waals surface area contributed by atoms with Gasteiger partial charge >= 0.3 is 6.03 Å². The highest BCUT2D eigenvalue weighted by molar-refractivity contribution is 5.94. The predicted octanol–water partition coefficient (Wildman–Crippen LogP) is -0.368. The summed E-state index contributed by atoms with van der Waals surface area (Å²) < 4.78 is 1.18. The number of nitrogens with zero attached hydrogens (tertiary/aromatic N) is 4. The van der Waals surface area contributed by atoms with Crippen LogP contribution >= 0.6 is 0 Å². The molecule has 0 unspecified atom stereocenters. The number of rotatable bonds is 4. The Labute approximate surface area is 104 Å². The molecule has 0 radical (unpaired) electrons. The van der Waals surface area contributed by atoms with E-state index in [1.165, 1.54) is 11.0 Å². The van der Waals surface area contributed by atoms with Crippen LogP contribution in [0, 0.1) is 17.2 Å². The first-order valence-corrected chi connectivity index (χ1v) is 5.38. The summed E-state index contributed by atoms with van der Waals surface area (Å²) in [6, 6.07) is 1.19. The number of hydrogen-bond acceptors (Lipinski definition) is 5. The van der Waals surface area contributed by atoms with Crippen molar-refractivity contribution in [2.75, 3.05) is 6.54 Å². The van der Waals surface area contributed by atoms with Crippen molar-refractivity contribution in [3.63, 3.8) is 0 Å². The van der Waals surface area contributed by atoms with Crippen molar-refractivity contribution in [2.45, 2.75) is 20.4 Å². The molecule has 0 bridgehead atoms. The Kier molecular flexibility index (Phi) is 4.80. The Morgan fingerprint density at radius 2 is 2.28 bits per heavy atom. The number of carbonyl (C=O) groups excluding carboxylic acids is 2. The van der Waals surface area contributed by atoms with E-state index in [-0.39, 0.29) is 12.4 Å². The summed E-state index contributed by atoms with van der Waals surface area (Å²) in [6.45, 7) is 4.21. The van der Waals surface area contributed by atoms with Gasteiger partial charge in [0.2, 0.25) is 5.91 Å². The Hall–Kier alpha value is -2.43. The summed E-state index contributed by atoms with van der Waals surface area (Å²) in [7, 11) is 0. The lowest BCUT2D eigenvalue weighted by atomic mass is 10.2. The molecule has 0 aromatic carbocycles. The molecule has 0 fully saturated rings. The van der Waals surface area contributed by atoms with Crippen molar-refractivity contribution < 1.29 is 9.59 Å². The largest absolute Gasteiger partial charge is 0.338 e. The second kappa shape index (κ2) is 6.34. The van der Waals surface area contributed by atoms with Gasteiger partial charge in [0.25, 0.3) is 5.82 Å². The lowest BCUT2D eigenvalue weighted by Gasteiger charge is -2.08. The van der Waals surface area contributed by atoms with E-state index in [0.717, 1.165) is 0 Å². The van der Waals surface area contributed by atoms with E-state index in [1.54, 1.807) is 6.07 Å². The monoisotopic (exact) mass is 250 g/mol. The van der Waals surface area contributed by atoms with Gasteiger partial charge in [0.15, 0.2) is 0 Å². The maximum absolute atomic E-state index is 11.4. The highest BCUT2D eigenvalue weighted by Crippen LogP contribution is 1.88. The van der Waals surface area contributed by atoms with Crippen LogP contribution in [0.5, 0.6) is 0 Å². The molecule has 1 aromatic heterocycles. The zero-order valence-electron chi connectivity index (χ0n) is 10.2. The van der Waals surface area contributed by atoms with Crippen molar-refractivity contribution in [1.29, 1.82) is 5.26 Å². The van der Waals surface area contributed by atoms with Gasteiger partial charge in [0.1, 0.15) is 18.9 Å². The summed E-state index contributed by atoms with van der Waals surface area (Å²) in [5.74, 6) is -0.239. The molecule has 0 saturated carbocycles. The predicted molar refractivity (Wildman–Crippen MR) is 61.1 cm³/mol. The summed E-state index contributed by atoms with van der Waals surface area (Å²) in [6.07, 6.45) is 1.25. The number of nitriles is 1. The Balaban J connectivity index is 2.37. The maximum atomic E-state index is 11.4. The Bertz CT molecular complexity index is 473. The number of hydrogen-bond donors (Lipinski definition) is 2. The second-order valence-electron chi connectivity index (χ2n) is 4.03. The SMILES string of the molecule is CC(C)CNC(=O)NC(=O)Cn1cnc(C#N)n1. The molecule has 96 valence electrons. The van der Waals surface area contributed by atoms with Gasteiger partial charge in [0, 0.05) is 6.54 Å². The fourth-order valence-electron chi connectivity index (χ4n) is 1.08. The minimum absolute atomic E-state index is 0.0212. The summed E-state index contributed by atoms with van der Waals surface area (Å²) in [5, 5.41) is 16.9. The van der Waals surface area contributed by atoms with Crippen LogP contribution in [-0.4, -0.2) is 33.2 Å². The highest BCUT2D eigenvalue weighted by atomic mass is 16.2. The van der Waals surface area contributed by atoms with Gasteiger partial charge in [-0.15, -0.1) is 5.10 Å². The van der Waals surface area contributed by atoms with E-state index in [9.17, 15) is 9.59 Å². The van der Waals surface area contributed by atoms with Gasteiger partial charge < -0.3 is 5.32 Å².